The summed E-state index contributed by atoms with van der Waals surface area (Å²) in [5.74, 6) is 0.946. The first kappa shape index (κ1) is 18.4. The summed E-state index contributed by atoms with van der Waals surface area (Å²) in [6.07, 6.45) is 8.22. The molecule has 4 nitrogen and oxygen atoms in total. The van der Waals surface area contributed by atoms with E-state index in [0.717, 1.165) is 64.7 Å². The van der Waals surface area contributed by atoms with Crippen molar-refractivity contribution >= 4 is 5.91 Å². The second-order valence-corrected chi connectivity index (χ2v) is 12.5. The van der Waals surface area contributed by atoms with E-state index in [0.29, 0.717) is 11.8 Å². The molecule has 6 aliphatic rings. The van der Waals surface area contributed by atoms with Crippen LogP contribution in [0.5, 0.6) is 0 Å². The van der Waals surface area contributed by atoms with Crippen LogP contribution in [-0.2, 0) is 4.79 Å². The number of carbonyl (C=O) groups excluding carboxylic acids is 1. The number of aliphatic hydroxyl groups is 1. The summed E-state index contributed by atoms with van der Waals surface area (Å²) in [5.41, 5.74) is -0.239. The maximum Gasteiger partial charge on any atom is 0.228 e. The summed E-state index contributed by atoms with van der Waals surface area (Å²) in [6, 6.07) is 0. The first-order valence-corrected chi connectivity index (χ1v) is 11.2. The third-order valence-electron chi connectivity index (χ3n) is 8.95. The van der Waals surface area contributed by atoms with Crippen molar-refractivity contribution in [1.82, 2.24) is 9.80 Å². The quantitative estimate of drug-likeness (QED) is 0.807. The van der Waals surface area contributed by atoms with Gasteiger partial charge in [-0.15, -0.1) is 0 Å². The van der Waals surface area contributed by atoms with Crippen molar-refractivity contribution in [2.24, 2.45) is 27.6 Å². The molecule has 4 saturated carbocycles. The Balaban J connectivity index is 1.46. The van der Waals surface area contributed by atoms with Gasteiger partial charge < -0.3 is 14.9 Å². The Labute approximate surface area is 164 Å². The Hall–Kier alpha value is -0.610. The molecule has 6 bridgehead atoms. The van der Waals surface area contributed by atoms with Crippen LogP contribution in [0.1, 0.15) is 72.1 Å². The number of nitrogens with zero attached hydrogens (tertiary/aromatic N) is 2. The van der Waals surface area contributed by atoms with Gasteiger partial charge in [-0.05, 0) is 74.2 Å². The number of fused-ring (bicyclic) bond motifs is 2. The fourth-order valence-electron chi connectivity index (χ4n) is 9.39. The third-order valence-corrected chi connectivity index (χ3v) is 8.95. The predicted molar refractivity (Wildman–Crippen MR) is 106 cm³/mol. The minimum Gasteiger partial charge on any atom is -0.390 e. The minimum absolute atomic E-state index is 0.206. The van der Waals surface area contributed by atoms with Crippen molar-refractivity contribution in [3.63, 3.8) is 0 Å². The summed E-state index contributed by atoms with van der Waals surface area (Å²) < 4.78 is 0. The van der Waals surface area contributed by atoms with E-state index in [2.05, 4.69) is 37.6 Å². The van der Waals surface area contributed by atoms with Crippen LogP contribution in [-0.4, -0.2) is 59.6 Å². The number of hydrogen-bond acceptors (Lipinski definition) is 3. The molecule has 1 amide bonds. The van der Waals surface area contributed by atoms with Crippen molar-refractivity contribution in [3.05, 3.63) is 0 Å². The Morgan fingerprint density at radius 2 is 1.63 bits per heavy atom. The Morgan fingerprint density at radius 1 is 0.963 bits per heavy atom. The summed E-state index contributed by atoms with van der Waals surface area (Å²) in [5, 5.41) is 11.3. The molecule has 0 aromatic heterocycles. The molecule has 2 saturated heterocycles. The molecule has 0 aromatic rings. The van der Waals surface area contributed by atoms with E-state index >= 15 is 0 Å². The molecule has 1 N–H and O–H groups in total. The number of piperidine rings is 2. The fourth-order valence-corrected chi connectivity index (χ4v) is 9.39. The lowest BCUT2D eigenvalue weighted by Crippen LogP contribution is -2.68. The average molecular weight is 375 g/mol. The van der Waals surface area contributed by atoms with E-state index in [9.17, 15) is 9.90 Å². The zero-order chi connectivity index (χ0) is 19.3. The van der Waals surface area contributed by atoms with E-state index in [1.807, 2.05) is 0 Å². The highest BCUT2D eigenvalue weighted by molar-refractivity contribution is 5.84. The maximum atomic E-state index is 14.1. The zero-order valence-corrected chi connectivity index (χ0v) is 17.8. The Morgan fingerprint density at radius 3 is 2.22 bits per heavy atom. The molecule has 0 spiro atoms. The van der Waals surface area contributed by atoms with Crippen molar-refractivity contribution in [2.75, 3.05) is 33.2 Å². The van der Waals surface area contributed by atoms with E-state index in [1.165, 1.54) is 12.8 Å². The largest absolute Gasteiger partial charge is 0.390 e. The molecule has 4 aliphatic carbocycles. The highest BCUT2D eigenvalue weighted by Crippen LogP contribution is 2.68. The fraction of sp³-hybridized carbons (Fsp3) is 0.957. The predicted octanol–water partition coefficient (Wildman–Crippen LogP) is 3.29. The first-order valence-electron chi connectivity index (χ1n) is 11.2. The maximum absolute atomic E-state index is 14.1. The zero-order valence-electron chi connectivity index (χ0n) is 17.8. The highest BCUT2D eigenvalue weighted by Gasteiger charge is 2.66. The Bertz CT molecular complexity index is 661. The molecule has 6 fully saturated rings. The standard InChI is InChI=1S/C23H38N2O2/c1-5-21-6-17-7-22(10-21,12-23(27,8-17)11-21)18(26)25-15-19(2)9-20(3,16-25)14-24(4)13-19/h17,27H,5-16H2,1-4H3. The van der Waals surface area contributed by atoms with Gasteiger partial charge in [-0.1, -0.05) is 27.2 Å². The van der Waals surface area contributed by atoms with Gasteiger partial charge in [0.1, 0.15) is 0 Å². The third kappa shape index (κ3) is 2.73. The van der Waals surface area contributed by atoms with Gasteiger partial charge in [-0.3, -0.25) is 4.79 Å². The van der Waals surface area contributed by atoms with E-state index in [-0.39, 0.29) is 21.7 Å². The van der Waals surface area contributed by atoms with Crippen LogP contribution in [0, 0.1) is 27.6 Å². The molecule has 27 heavy (non-hydrogen) atoms. The van der Waals surface area contributed by atoms with E-state index < -0.39 is 5.60 Å². The highest BCUT2D eigenvalue weighted by atomic mass is 16.3. The summed E-state index contributed by atoms with van der Waals surface area (Å²) >= 11 is 0. The summed E-state index contributed by atoms with van der Waals surface area (Å²) in [7, 11) is 2.23. The number of hydrogen-bond donors (Lipinski definition) is 1. The van der Waals surface area contributed by atoms with Crippen molar-refractivity contribution in [2.45, 2.75) is 77.7 Å². The number of amides is 1. The number of rotatable bonds is 2. The van der Waals surface area contributed by atoms with Gasteiger partial charge in [0.2, 0.25) is 5.91 Å². The van der Waals surface area contributed by atoms with Gasteiger partial charge in [0.05, 0.1) is 11.0 Å². The van der Waals surface area contributed by atoms with Crippen LogP contribution in [0.15, 0.2) is 0 Å². The smallest absolute Gasteiger partial charge is 0.228 e. The van der Waals surface area contributed by atoms with Crippen LogP contribution < -0.4 is 0 Å². The molecule has 6 atom stereocenters. The van der Waals surface area contributed by atoms with Gasteiger partial charge >= 0.3 is 0 Å². The molecule has 2 heterocycles. The van der Waals surface area contributed by atoms with Crippen LogP contribution in [0.2, 0.25) is 0 Å². The molecule has 6 rings (SSSR count). The van der Waals surface area contributed by atoms with Crippen molar-refractivity contribution in [3.8, 4) is 0 Å². The molecule has 4 heteroatoms. The van der Waals surface area contributed by atoms with Gasteiger partial charge in [-0.2, -0.15) is 0 Å². The van der Waals surface area contributed by atoms with Crippen molar-refractivity contribution in [1.29, 1.82) is 0 Å². The van der Waals surface area contributed by atoms with Gasteiger partial charge in [0, 0.05) is 26.2 Å². The average Bonchev–Trinajstić information content (AvgIpc) is 2.48. The molecule has 6 unspecified atom stereocenters. The molecule has 0 aromatic carbocycles. The van der Waals surface area contributed by atoms with Crippen LogP contribution in [0.3, 0.4) is 0 Å². The molecular formula is C23H38N2O2. The van der Waals surface area contributed by atoms with Gasteiger partial charge in [-0.25, -0.2) is 0 Å². The molecule has 0 radical (unpaired) electrons. The minimum atomic E-state index is -0.579. The second-order valence-electron chi connectivity index (χ2n) is 12.5. The number of likely N-dealkylation sites (tertiary alicyclic amines) is 2. The van der Waals surface area contributed by atoms with Crippen LogP contribution in [0.25, 0.3) is 0 Å². The summed E-state index contributed by atoms with van der Waals surface area (Å²) in [6.45, 7) is 11.0. The number of carbonyl (C=O) groups is 1. The lowest BCUT2D eigenvalue weighted by atomic mass is 9.42. The van der Waals surface area contributed by atoms with E-state index in [4.69, 9.17) is 0 Å². The monoisotopic (exact) mass is 374 g/mol. The van der Waals surface area contributed by atoms with Gasteiger partial charge in [0.25, 0.3) is 0 Å². The first-order chi connectivity index (χ1) is 12.5. The Kier molecular flexibility index (Phi) is 3.61. The molecular weight excluding hydrogens is 336 g/mol. The SMILES string of the molecule is CCC12CC3CC(O)(C1)CC(C(=O)N1CC4(C)CN(C)CC(C)(C1)C4)(C3)C2. The summed E-state index contributed by atoms with van der Waals surface area (Å²) in [4.78, 5) is 18.8. The lowest BCUT2D eigenvalue weighted by molar-refractivity contribution is -0.213. The molecule has 152 valence electrons. The normalized spacial score (nSPS) is 54.4. The van der Waals surface area contributed by atoms with Crippen molar-refractivity contribution < 1.29 is 9.90 Å². The molecule has 2 aliphatic heterocycles. The van der Waals surface area contributed by atoms with Crippen LogP contribution in [0.4, 0.5) is 0 Å². The van der Waals surface area contributed by atoms with Gasteiger partial charge in [0.15, 0.2) is 0 Å². The van der Waals surface area contributed by atoms with E-state index in [1.54, 1.807) is 0 Å². The topological polar surface area (TPSA) is 43.8 Å². The lowest BCUT2D eigenvalue weighted by Gasteiger charge is -2.65. The van der Waals surface area contributed by atoms with Crippen LogP contribution >= 0.6 is 0 Å². The second kappa shape index (κ2) is 5.30.